The zero-order valence-electron chi connectivity index (χ0n) is 55.5. The smallest absolute Gasteiger partial charge is 0.306 e. The maximum atomic E-state index is 12.9. The summed E-state index contributed by atoms with van der Waals surface area (Å²) in [4.78, 5) is 38.1. The first-order valence-corrected chi connectivity index (χ1v) is 37.0. The molecule has 0 aliphatic heterocycles. The molecule has 0 aromatic heterocycles. The van der Waals surface area contributed by atoms with E-state index in [0.29, 0.717) is 19.3 Å². The Morgan fingerprint density at radius 1 is 0.244 bits per heavy atom. The number of carbonyl (C=O) groups excluding carboxylic acids is 3. The summed E-state index contributed by atoms with van der Waals surface area (Å²) in [5, 5.41) is 0. The molecule has 0 heterocycles. The number of esters is 3. The van der Waals surface area contributed by atoms with E-state index in [1.165, 1.54) is 308 Å². The zero-order valence-corrected chi connectivity index (χ0v) is 55.5. The summed E-state index contributed by atoms with van der Waals surface area (Å²) in [7, 11) is 0. The molecule has 82 heavy (non-hydrogen) atoms. The highest BCUT2D eigenvalue weighted by molar-refractivity contribution is 5.71. The number of hydrogen-bond acceptors (Lipinski definition) is 6. The van der Waals surface area contributed by atoms with Gasteiger partial charge in [-0.2, -0.15) is 0 Å². The number of allylic oxidation sites excluding steroid dienone is 6. The van der Waals surface area contributed by atoms with Crippen molar-refractivity contribution in [3.05, 3.63) is 36.5 Å². The minimum Gasteiger partial charge on any atom is -0.462 e. The van der Waals surface area contributed by atoms with Crippen LogP contribution in [0.1, 0.15) is 412 Å². The van der Waals surface area contributed by atoms with Crippen LogP contribution < -0.4 is 0 Å². The normalized spacial score (nSPS) is 12.2. The van der Waals surface area contributed by atoms with E-state index < -0.39 is 6.10 Å². The standard InChI is InChI=1S/C76H142O6/c1-4-7-10-13-16-18-20-22-24-26-28-30-32-34-35-36-37-38-39-40-41-43-44-46-48-50-52-54-56-58-60-63-66-69-75(78)81-72-73(71-80-74(77)68-65-62-15-12-9-6-3)82-76(79)70-67-64-61-59-57-55-53-51-49-47-45-42-33-31-29-27-25-23-21-19-17-14-11-8-5-2/h21,23,26-29,73H,4-20,22,24-25,30-72H2,1-3H3/b23-21-,28-26-,29-27-. The molecule has 482 valence electrons. The van der Waals surface area contributed by atoms with Crippen molar-refractivity contribution in [3.8, 4) is 0 Å². The van der Waals surface area contributed by atoms with Crippen molar-refractivity contribution in [3.63, 3.8) is 0 Å². The van der Waals surface area contributed by atoms with Crippen LogP contribution in [-0.4, -0.2) is 37.2 Å². The molecule has 0 spiro atoms. The van der Waals surface area contributed by atoms with Gasteiger partial charge >= 0.3 is 17.9 Å². The van der Waals surface area contributed by atoms with Crippen molar-refractivity contribution in [2.24, 2.45) is 0 Å². The minimum atomic E-state index is -0.768. The molecular weight excluding hydrogens is 1010 g/mol. The summed E-state index contributed by atoms with van der Waals surface area (Å²) in [6.45, 7) is 6.64. The van der Waals surface area contributed by atoms with E-state index in [2.05, 4.69) is 57.2 Å². The molecule has 6 nitrogen and oxygen atoms in total. The lowest BCUT2D eigenvalue weighted by Gasteiger charge is -2.18. The van der Waals surface area contributed by atoms with E-state index in [4.69, 9.17) is 14.2 Å². The summed E-state index contributed by atoms with van der Waals surface area (Å²) >= 11 is 0. The highest BCUT2D eigenvalue weighted by Gasteiger charge is 2.19. The number of carbonyl (C=O) groups is 3. The van der Waals surface area contributed by atoms with Crippen LogP contribution in [-0.2, 0) is 28.6 Å². The van der Waals surface area contributed by atoms with Crippen LogP contribution in [0.2, 0.25) is 0 Å². The Hall–Kier alpha value is -2.37. The van der Waals surface area contributed by atoms with Gasteiger partial charge in [0.2, 0.25) is 0 Å². The Labute approximate surface area is 512 Å². The Kier molecular flexibility index (Phi) is 69.1. The lowest BCUT2D eigenvalue weighted by Crippen LogP contribution is -2.30. The number of rotatable bonds is 69. The van der Waals surface area contributed by atoms with Gasteiger partial charge in [0.1, 0.15) is 13.2 Å². The van der Waals surface area contributed by atoms with Crippen molar-refractivity contribution in [1.82, 2.24) is 0 Å². The molecule has 0 rings (SSSR count). The maximum Gasteiger partial charge on any atom is 0.306 e. The first-order valence-electron chi connectivity index (χ1n) is 37.0. The molecule has 0 aliphatic carbocycles. The average Bonchev–Trinajstić information content (AvgIpc) is 3.47. The number of hydrogen-bond donors (Lipinski definition) is 0. The lowest BCUT2D eigenvalue weighted by molar-refractivity contribution is -0.167. The Balaban J connectivity index is 3.93. The molecule has 0 aromatic rings. The minimum absolute atomic E-state index is 0.0670. The van der Waals surface area contributed by atoms with E-state index >= 15 is 0 Å². The quantitative estimate of drug-likeness (QED) is 0.0261. The van der Waals surface area contributed by atoms with E-state index in [1.807, 2.05) is 0 Å². The van der Waals surface area contributed by atoms with E-state index in [-0.39, 0.29) is 31.1 Å². The molecule has 1 atom stereocenters. The van der Waals surface area contributed by atoms with Gasteiger partial charge in [-0.1, -0.05) is 353 Å². The van der Waals surface area contributed by atoms with Gasteiger partial charge in [0, 0.05) is 19.3 Å². The van der Waals surface area contributed by atoms with Crippen LogP contribution in [0.3, 0.4) is 0 Å². The summed E-state index contributed by atoms with van der Waals surface area (Å²) in [5.41, 5.74) is 0. The van der Waals surface area contributed by atoms with Gasteiger partial charge in [0.05, 0.1) is 0 Å². The molecule has 0 aliphatic rings. The van der Waals surface area contributed by atoms with Gasteiger partial charge in [-0.05, 0) is 77.0 Å². The Morgan fingerprint density at radius 3 is 0.683 bits per heavy atom. The van der Waals surface area contributed by atoms with Gasteiger partial charge in [-0.15, -0.1) is 0 Å². The summed E-state index contributed by atoms with van der Waals surface area (Å²) in [6, 6.07) is 0. The van der Waals surface area contributed by atoms with E-state index in [1.54, 1.807) is 0 Å². The summed E-state index contributed by atoms with van der Waals surface area (Å²) in [6.07, 6.45) is 89.5. The first kappa shape index (κ1) is 79.6. The molecule has 0 aromatic carbocycles. The predicted octanol–water partition coefficient (Wildman–Crippen LogP) is 25.5. The van der Waals surface area contributed by atoms with Crippen molar-refractivity contribution < 1.29 is 28.6 Å². The van der Waals surface area contributed by atoms with Crippen LogP contribution in [0.4, 0.5) is 0 Å². The van der Waals surface area contributed by atoms with Crippen molar-refractivity contribution in [2.75, 3.05) is 13.2 Å². The molecule has 0 radical (unpaired) electrons. The van der Waals surface area contributed by atoms with Crippen molar-refractivity contribution in [1.29, 1.82) is 0 Å². The van der Waals surface area contributed by atoms with Gasteiger partial charge in [0.15, 0.2) is 6.10 Å². The Morgan fingerprint density at radius 2 is 0.439 bits per heavy atom. The zero-order chi connectivity index (χ0) is 59.2. The van der Waals surface area contributed by atoms with Crippen LogP contribution >= 0.6 is 0 Å². The van der Waals surface area contributed by atoms with Gasteiger partial charge in [-0.3, -0.25) is 14.4 Å². The lowest BCUT2D eigenvalue weighted by atomic mass is 10.0. The fraction of sp³-hybridized carbons (Fsp3) is 0.882. The first-order chi connectivity index (χ1) is 40.5. The van der Waals surface area contributed by atoms with Crippen molar-refractivity contribution >= 4 is 17.9 Å². The topological polar surface area (TPSA) is 78.9 Å². The third-order valence-electron chi connectivity index (χ3n) is 16.9. The van der Waals surface area contributed by atoms with Gasteiger partial charge in [-0.25, -0.2) is 0 Å². The highest BCUT2D eigenvalue weighted by atomic mass is 16.6. The molecule has 1 unspecified atom stereocenters. The van der Waals surface area contributed by atoms with E-state index in [9.17, 15) is 14.4 Å². The molecule has 6 heteroatoms. The van der Waals surface area contributed by atoms with Crippen LogP contribution in [0, 0.1) is 0 Å². The second kappa shape index (κ2) is 71.1. The molecule has 0 N–H and O–H groups in total. The largest absolute Gasteiger partial charge is 0.462 e. The van der Waals surface area contributed by atoms with Crippen LogP contribution in [0.25, 0.3) is 0 Å². The molecule has 0 saturated heterocycles. The monoisotopic (exact) mass is 1150 g/mol. The van der Waals surface area contributed by atoms with Gasteiger partial charge < -0.3 is 14.2 Å². The molecular formula is C76H142O6. The number of unbranched alkanes of at least 4 members (excludes halogenated alkanes) is 52. The SMILES string of the molecule is CCCCCCC/C=C\C/C=C\CCCCCCCCCCCCCCCC(=O)OC(COC(=O)CCCCCCCC)COC(=O)CCCCCCCCCCCCCCCCCCCCCCC/C=C\CCCCCCCCCC. The highest BCUT2D eigenvalue weighted by Crippen LogP contribution is 2.19. The number of ether oxygens (including phenoxy) is 3. The van der Waals surface area contributed by atoms with Crippen LogP contribution in [0.15, 0.2) is 36.5 Å². The summed E-state index contributed by atoms with van der Waals surface area (Å²) < 4.78 is 16.9. The predicted molar refractivity (Wildman–Crippen MR) is 358 cm³/mol. The van der Waals surface area contributed by atoms with Gasteiger partial charge in [0.25, 0.3) is 0 Å². The Bertz CT molecular complexity index is 1370. The van der Waals surface area contributed by atoms with Crippen molar-refractivity contribution in [2.45, 2.75) is 419 Å². The fourth-order valence-electron chi connectivity index (χ4n) is 11.3. The molecule has 0 bridgehead atoms. The second-order valence-corrected chi connectivity index (χ2v) is 25.2. The molecule has 0 saturated carbocycles. The second-order valence-electron chi connectivity index (χ2n) is 25.2. The third kappa shape index (κ3) is 68.4. The molecule has 0 amide bonds. The van der Waals surface area contributed by atoms with E-state index in [0.717, 1.165) is 64.2 Å². The summed E-state index contributed by atoms with van der Waals surface area (Å²) in [5.74, 6) is -0.851. The average molecular weight is 1150 g/mol. The maximum absolute atomic E-state index is 12.9. The van der Waals surface area contributed by atoms with Crippen LogP contribution in [0.5, 0.6) is 0 Å². The molecule has 0 fully saturated rings. The fourth-order valence-corrected chi connectivity index (χ4v) is 11.3. The third-order valence-corrected chi connectivity index (χ3v) is 16.9.